The van der Waals surface area contributed by atoms with E-state index < -0.39 is 11.6 Å². The minimum absolute atomic E-state index is 0.111. The normalized spacial score (nSPS) is 25.9. The van der Waals surface area contributed by atoms with Crippen LogP contribution in [0.3, 0.4) is 0 Å². The number of anilines is 1. The Hall–Kier alpha value is -3.99. The molecule has 2 N–H and O–H groups in total. The van der Waals surface area contributed by atoms with Crippen LogP contribution < -0.4 is 10.9 Å². The van der Waals surface area contributed by atoms with Crippen LogP contribution in [0.1, 0.15) is 44.1 Å². The molecule has 8 heteroatoms. The molecule has 4 bridgehead atoms. The van der Waals surface area contributed by atoms with Gasteiger partial charge in [0.2, 0.25) is 0 Å². The third kappa shape index (κ3) is 3.64. The topological polar surface area (TPSA) is 86.0 Å². The fourth-order valence-corrected chi connectivity index (χ4v) is 7.47. The van der Waals surface area contributed by atoms with E-state index >= 15 is 4.39 Å². The fourth-order valence-electron chi connectivity index (χ4n) is 7.47. The van der Waals surface area contributed by atoms with Crippen molar-refractivity contribution in [3.05, 3.63) is 76.1 Å². The van der Waals surface area contributed by atoms with Crippen LogP contribution in [0, 0.1) is 40.7 Å². The summed E-state index contributed by atoms with van der Waals surface area (Å²) in [4.78, 5) is 18.0. The van der Waals surface area contributed by atoms with Gasteiger partial charge in [0.1, 0.15) is 17.5 Å². The number of fused-ring (bicyclic) bond motifs is 1. The molecule has 2 heterocycles. The number of aromatic nitrogens is 3. The van der Waals surface area contributed by atoms with Crippen molar-refractivity contribution >= 4 is 11.5 Å². The fraction of sp³-hybridized carbons (Fsp3) is 0.345. The summed E-state index contributed by atoms with van der Waals surface area (Å²) in [5, 5.41) is 16.0. The van der Waals surface area contributed by atoms with E-state index in [0.29, 0.717) is 46.0 Å². The summed E-state index contributed by atoms with van der Waals surface area (Å²) >= 11 is 0. The van der Waals surface area contributed by atoms with Gasteiger partial charge in [-0.05, 0) is 80.5 Å². The lowest BCUT2D eigenvalue weighted by Gasteiger charge is -2.57. The first-order valence-corrected chi connectivity index (χ1v) is 12.8. The number of H-pyrrole nitrogens is 1. The van der Waals surface area contributed by atoms with Crippen molar-refractivity contribution in [3.8, 4) is 28.5 Å². The smallest absolute Gasteiger partial charge is 0.273 e. The molecule has 4 aliphatic rings. The van der Waals surface area contributed by atoms with Crippen molar-refractivity contribution in [2.75, 3.05) is 5.32 Å². The third-order valence-corrected chi connectivity index (χ3v) is 8.55. The molecule has 2 aromatic heterocycles. The second-order valence-corrected chi connectivity index (χ2v) is 11.1. The number of nitriles is 1. The SMILES string of the molecule is N#Cc1ccc(-c2cc(=O)n3[nH]c(NC45CC6CC(CC(C6)C4)C5)c(-c4ccc(F)cc4F)c3n2)cc1. The van der Waals surface area contributed by atoms with Crippen molar-refractivity contribution in [3.63, 3.8) is 0 Å². The lowest BCUT2D eigenvalue weighted by atomic mass is 9.53. The zero-order valence-electron chi connectivity index (χ0n) is 20.1. The monoisotopic (exact) mass is 497 g/mol. The molecule has 0 amide bonds. The lowest BCUT2D eigenvalue weighted by molar-refractivity contribution is 0.0105. The van der Waals surface area contributed by atoms with Gasteiger partial charge in [0.05, 0.1) is 22.9 Å². The average molecular weight is 498 g/mol. The van der Waals surface area contributed by atoms with Crippen LogP contribution in [0.5, 0.6) is 0 Å². The molecule has 0 spiro atoms. The molecule has 0 atom stereocenters. The van der Waals surface area contributed by atoms with Crippen molar-refractivity contribution < 1.29 is 8.78 Å². The molecule has 4 aliphatic carbocycles. The Balaban J connectivity index is 1.41. The Labute approximate surface area is 212 Å². The van der Waals surface area contributed by atoms with Gasteiger partial charge in [-0.15, -0.1) is 0 Å². The summed E-state index contributed by atoms with van der Waals surface area (Å²) in [5.74, 6) is 1.23. The van der Waals surface area contributed by atoms with Gasteiger partial charge in [-0.1, -0.05) is 12.1 Å². The molecule has 37 heavy (non-hydrogen) atoms. The van der Waals surface area contributed by atoms with Crippen molar-refractivity contribution in [1.29, 1.82) is 5.26 Å². The number of aromatic amines is 1. The maximum atomic E-state index is 15.2. The quantitative estimate of drug-likeness (QED) is 0.368. The molecule has 4 saturated carbocycles. The van der Waals surface area contributed by atoms with Crippen LogP contribution in [0.2, 0.25) is 0 Å². The molecule has 0 saturated heterocycles. The van der Waals surface area contributed by atoms with E-state index in [1.807, 2.05) is 0 Å². The van der Waals surface area contributed by atoms with Gasteiger partial charge in [0, 0.05) is 28.8 Å². The van der Waals surface area contributed by atoms with Crippen LogP contribution in [0.4, 0.5) is 14.6 Å². The maximum absolute atomic E-state index is 15.2. The van der Waals surface area contributed by atoms with Crippen molar-refractivity contribution in [2.45, 2.75) is 44.1 Å². The molecule has 0 aliphatic heterocycles. The molecule has 0 radical (unpaired) electrons. The number of benzene rings is 2. The summed E-state index contributed by atoms with van der Waals surface area (Å²) < 4.78 is 30.4. The summed E-state index contributed by atoms with van der Waals surface area (Å²) in [6.07, 6.45) is 7.00. The van der Waals surface area contributed by atoms with Gasteiger partial charge in [-0.3, -0.25) is 9.89 Å². The highest BCUT2D eigenvalue weighted by Gasteiger charge is 2.51. The van der Waals surface area contributed by atoms with E-state index in [9.17, 15) is 9.18 Å². The molecule has 4 fully saturated rings. The van der Waals surface area contributed by atoms with Crippen LogP contribution in [0.25, 0.3) is 28.0 Å². The van der Waals surface area contributed by atoms with Crippen molar-refractivity contribution in [1.82, 2.24) is 14.6 Å². The molecule has 0 unspecified atom stereocenters. The zero-order valence-corrected chi connectivity index (χ0v) is 20.1. The standard InChI is InChI=1S/C29H25F2N5O/c30-21-5-6-22(23(31)10-21)26-27(34-29-12-17-7-18(13-29)9-19(8-17)14-29)35-36-25(37)11-24(33-28(26)36)20-3-1-16(15-32)2-4-20/h1-6,10-11,17-19,34-35H,7-9,12-14H2. The van der Waals surface area contributed by atoms with Crippen LogP contribution >= 0.6 is 0 Å². The first-order valence-electron chi connectivity index (χ1n) is 12.8. The summed E-state index contributed by atoms with van der Waals surface area (Å²) in [6, 6.07) is 13.8. The molecular formula is C29H25F2N5O. The van der Waals surface area contributed by atoms with E-state index in [1.165, 1.54) is 42.0 Å². The molecule has 4 aromatic rings. The summed E-state index contributed by atoms with van der Waals surface area (Å²) in [5.41, 5.74) is 1.99. The van der Waals surface area contributed by atoms with E-state index in [1.54, 1.807) is 24.3 Å². The van der Waals surface area contributed by atoms with E-state index in [4.69, 9.17) is 10.2 Å². The van der Waals surface area contributed by atoms with Crippen LogP contribution in [-0.2, 0) is 0 Å². The highest BCUT2D eigenvalue weighted by Crippen LogP contribution is 2.57. The minimum atomic E-state index is -0.715. The van der Waals surface area contributed by atoms with E-state index in [0.717, 1.165) is 25.3 Å². The van der Waals surface area contributed by atoms with Gasteiger partial charge in [0.15, 0.2) is 5.65 Å². The predicted molar refractivity (Wildman–Crippen MR) is 136 cm³/mol. The van der Waals surface area contributed by atoms with Gasteiger partial charge in [-0.2, -0.15) is 9.78 Å². The Bertz CT molecular complexity index is 1610. The number of halogens is 2. The van der Waals surface area contributed by atoms with Crippen LogP contribution in [0.15, 0.2) is 53.3 Å². The number of hydrogen-bond donors (Lipinski definition) is 2. The lowest BCUT2D eigenvalue weighted by Crippen LogP contribution is -2.54. The van der Waals surface area contributed by atoms with Gasteiger partial charge < -0.3 is 5.32 Å². The Morgan fingerprint density at radius 2 is 1.68 bits per heavy atom. The summed E-state index contributed by atoms with van der Waals surface area (Å²) in [7, 11) is 0. The van der Waals surface area contributed by atoms with Crippen molar-refractivity contribution in [2.24, 2.45) is 17.8 Å². The first-order chi connectivity index (χ1) is 17.9. The largest absolute Gasteiger partial charge is 0.364 e. The van der Waals surface area contributed by atoms with Gasteiger partial charge in [0.25, 0.3) is 5.56 Å². The van der Waals surface area contributed by atoms with Gasteiger partial charge >= 0.3 is 0 Å². The Morgan fingerprint density at radius 3 is 2.30 bits per heavy atom. The Kier molecular flexibility index (Phi) is 4.81. The first kappa shape index (κ1) is 22.2. The maximum Gasteiger partial charge on any atom is 0.273 e. The molecule has 2 aromatic carbocycles. The average Bonchev–Trinajstić information content (AvgIpc) is 3.21. The highest BCUT2D eigenvalue weighted by molar-refractivity contribution is 5.88. The van der Waals surface area contributed by atoms with Crippen LogP contribution in [-0.4, -0.2) is 20.1 Å². The summed E-state index contributed by atoms with van der Waals surface area (Å²) in [6.45, 7) is 0. The van der Waals surface area contributed by atoms with Gasteiger partial charge in [-0.25, -0.2) is 13.8 Å². The Morgan fingerprint density at radius 1 is 1.00 bits per heavy atom. The minimum Gasteiger partial charge on any atom is -0.364 e. The number of nitrogens with one attached hydrogen (secondary N) is 2. The number of nitrogens with zero attached hydrogens (tertiary/aromatic N) is 3. The molecule has 186 valence electrons. The highest BCUT2D eigenvalue weighted by atomic mass is 19.1. The molecule has 8 rings (SSSR count). The number of hydrogen-bond acceptors (Lipinski definition) is 4. The molecule has 6 nitrogen and oxygen atoms in total. The second kappa shape index (κ2) is 8.01. The second-order valence-electron chi connectivity index (χ2n) is 11.1. The zero-order chi connectivity index (χ0) is 25.3. The molecular weight excluding hydrogens is 472 g/mol. The number of rotatable bonds is 4. The van der Waals surface area contributed by atoms with E-state index in [-0.39, 0.29) is 22.3 Å². The third-order valence-electron chi connectivity index (χ3n) is 8.55. The predicted octanol–water partition coefficient (Wildman–Crippen LogP) is 5.89. The van der Waals surface area contributed by atoms with E-state index in [2.05, 4.69) is 16.5 Å².